The first kappa shape index (κ1) is 20.5. The molecule has 0 amide bonds. The van der Waals surface area contributed by atoms with Crippen LogP contribution < -0.4 is 9.62 Å². The summed E-state index contributed by atoms with van der Waals surface area (Å²) in [5.41, 5.74) is 0.374. The van der Waals surface area contributed by atoms with E-state index in [9.17, 15) is 13.2 Å². The molecule has 0 saturated carbocycles. The molecule has 1 aromatic heterocycles. The summed E-state index contributed by atoms with van der Waals surface area (Å²) in [7, 11) is -3.60. The molecule has 4 rings (SSSR count). The number of ketones is 1. The minimum Gasteiger partial charge on any atom is -0.388 e. The van der Waals surface area contributed by atoms with Crippen molar-refractivity contribution in [2.75, 3.05) is 24.6 Å². The molecular formula is C22H23N3O4S. The van der Waals surface area contributed by atoms with Crippen LogP contribution in [0.1, 0.15) is 23.2 Å². The second kappa shape index (κ2) is 8.51. The van der Waals surface area contributed by atoms with Gasteiger partial charge in [0.25, 0.3) is 0 Å². The predicted molar refractivity (Wildman–Crippen MR) is 115 cm³/mol. The van der Waals surface area contributed by atoms with Gasteiger partial charge in [0.2, 0.25) is 10.0 Å². The number of nitrogens with zero attached hydrogens (tertiary/aromatic N) is 2. The highest BCUT2D eigenvalue weighted by Gasteiger charge is 2.25. The summed E-state index contributed by atoms with van der Waals surface area (Å²) >= 11 is 0. The summed E-state index contributed by atoms with van der Waals surface area (Å²) in [5, 5.41) is 10.8. The quantitative estimate of drug-likeness (QED) is 0.588. The zero-order valence-electron chi connectivity index (χ0n) is 16.4. The number of carbonyl (C=O) groups excluding carboxylic acids is 1. The van der Waals surface area contributed by atoms with Crippen molar-refractivity contribution in [2.24, 2.45) is 0 Å². The van der Waals surface area contributed by atoms with Gasteiger partial charge in [0, 0.05) is 30.9 Å². The van der Waals surface area contributed by atoms with Gasteiger partial charge in [-0.3, -0.25) is 4.79 Å². The number of carbonyl (C=O) groups is 1. The van der Waals surface area contributed by atoms with Crippen LogP contribution >= 0.6 is 0 Å². The fourth-order valence-corrected chi connectivity index (χ4v) is 5.02. The van der Waals surface area contributed by atoms with Crippen LogP contribution in [0, 0.1) is 0 Å². The van der Waals surface area contributed by atoms with Crippen LogP contribution in [0.25, 0.3) is 10.8 Å². The molecule has 1 aliphatic heterocycles. The number of hydrogen-bond acceptors (Lipinski definition) is 6. The van der Waals surface area contributed by atoms with Crippen LogP contribution in [0.2, 0.25) is 0 Å². The van der Waals surface area contributed by atoms with E-state index in [0.29, 0.717) is 31.5 Å². The smallest absolute Gasteiger partial charge is 0.240 e. The van der Waals surface area contributed by atoms with Gasteiger partial charge in [-0.2, -0.15) is 0 Å². The van der Waals surface area contributed by atoms with E-state index in [4.69, 9.17) is 5.11 Å². The average Bonchev–Trinajstić information content (AvgIpc) is 2.78. The lowest BCUT2D eigenvalue weighted by Crippen LogP contribution is -2.44. The Bertz CT molecular complexity index is 1150. The molecule has 0 atom stereocenters. The van der Waals surface area contributed by atoms with Gasteiger partial charge in [0.15, 0.2) is 5.78 Å². The van der Waals surface area contributed by atoms with Gasteiger partial charge >= 0.3 is 0 Å². The SMILES string of the molecule is O=C(CO)c1ccc(N2CCC(NS(=O)(=O)c3ccc4ccccc4c3)CC2)nc1. The number of piperidine rings is 1. The molecule has 30 heavy (non-hydrogen) atoms. The van der Waals surface area contributed by atoms with Crippen molar-refractivity contribution in [2.45, 2.75) is 23.8 Å². The van der Waals surface area contributed by atoms with Crippen molar-refractivity contribution in [3.05, 3.63) is 66.4 Å². The third kappa shape index (κ3) is 4.35. The summed E-state index contributed by atoms with van der Waals surface area (Å²) in [6.07, 6.45) is 2.78. The summed E-state index contributed by atoms with van der Waals surface area (Å²) in [5.74, 6) is 0.371. The maximum atomic E-state index is 12.8. The minimum absolute atomic E-state index is 0.145. The molecule has 8 heteroatoms. The fourth-order valence-electron chi connectivity index (χ4n) is 3.68. The van der Waals surface area contributed by atoms with Gasteiger partial charge in [-0.05, 0) is 47.9 Å². The molecule has 2 heterocycles. The first-order valence-electron chi connectivity index (χ1n) is 9.82. The van der Waals surface area contributed by atoms with Gasteiger partial charge < -0.3 is 10.0 Å². The van der Waals surface area contributed by atoms with Crippen molar-refractivity contribution in [3.8, 4) is 0 Å². The van der Waals surface area contributed by atoms with Crippen LogP contribution in [0.4, 0.5) is 5.82 Å². The zero-order chi connectivity index (χ0) is 21.1. The number of pyridine rings is 1. The van der Waals surface area contributed by atoms with Gasteiger partial charge in [-0.15, -0.1) is 0 Å². The summed E-state index contributed by atoms with van der Waals surface area (Å²) in [4.78, 5) is 18.1. The van der Waals surface area contributed by atoms with Crippen LogP contribution in [0.3, 0.4) is 0 Å². The van der Waals surface area contributed by atoms with Crippen molar-refractivity contribution >= 4 is 32.4 Å². The number of aliphatic hydroxyl groups excluding tert-OH is 1. The highest BCUT2D eigenvalue weighted by Crippen LogP contribution is 2.22. The van der Waals surface area contributed by atoms with E-state index in [-0.39, 0.29) is 16.7 Å². The molecule has 0 radical (unpaired) electrons. The molecular weight excluding hydrogens is 402 g/mol. The second-order valence-corrected chi connectivity index (χ2v) is 9.09. The number of anilines is 1. The van der Waals surface area contributed by atoms with Gasteiger partial charge in [-0.1, -0.05) is 30.3 Å². The molecule has 0 bridgehead atoms. The molecule has 2 N–H and O–H groups in total. The molecule has 7 nitrogen and oxygen atoms in total. The molecule has 3 aromatic rings. The van der Waals surface area contributed by atoms with E-state index in [1.807, 2.05) is 30.3 Å². The Balaban J connectivity index is 1.39. The van der Waals surface area contributed by atoms with Crippen molar-refractivity contribution in [1.29, 1.82) is 0 Å². The Hall–Kier alpha value is -2.81. The Morgan fingerprint density at radius 1 is 1.07 bits per heavy atom. The topological polar surface area (TPSA) is 99.6 Å². The lowest BCUT2D eigenvalue weighted by Gasteiger charge is -2.33. The highest BCUT2D eigenvalue weighted by atomic mass is 32.2. The van der Waals surface area contributed by atoms with Crippen LogP contribution in [-0.2, 0) is 10.0 Å². The highest BCUT2D eigenvalue weighted by molar-refractivity contribution is 7.89. The van der Waals surface area contributed by atoms with E-state index in [2.05, 4.69) is 14.6 Å². The van der Waals surface area contributed by atoms with E-state index in [1.165, 1.54) is 6.20 Å². The average molecular weight is 426 g/mol. The third-order valence-electron chi connectivity index (χ3n) is 5.39. The molecule has 156 valence electrons. The fraction of sp³-hybridized carbons (Fsp3) is 0.273. The molecule has 0 aliphatic carbocycles. The predicted octanol–water partition coefficient (Wildman–Crippen LogP) is 2.36. The lowest BCUT2D eigenvalue weighted by atomic mass is 10.1. The van der Waals surface area contributed by atoms with E-state index >= 15 is 0 Å². The maximum Gasteiger partial charge on any atom is 0.240 e. The van der Waals surface area contributed by atoms with Crippen LogP contribution in [0.15, 0.2) is 65.7 Å². The number of rotatable bonds is 6. The van der Waals surface area contributed by atoms with Gasteiger partial charge in [0.05, 0.1) is 4.90 Å². The minimum atomic E-state index is -3.60. The largest absolute Gasteiger partial charge is 0.388 e. The zero-order valence-corrected chi connectivity index (χ0v) is 17.2. The normalized spacial score (nSPS) is 15.4. The molecule has 1 saturated heterocycles. The monoisotopic (exact) mass is 425 g/mol. The first-order valence-corrected chi connectivity index (χ1v) is 11.3. The molecule has 0 unspecified atom stereocenters. The molecule has 2 aromatic carbocycles. The van der Waals surface area contributed by atoms with Crippen LogP contribution in [-0.4, -0.2) is 50.0 Å². The Kier molecular flexibility index (Phi) is 5.80. The van der Waals surface area contributed by atoms with Crippen LogP contribution in [0.5, 0.6) is 0 Å². The Morgan fingerprint density at radius 2 is 1.80 bits per heavy atom. The van der Waals surface area contributed by atoms with Crippen molar-refractivity contribution in [1.82, 2.24) is 9.71 Å². The number of aliphatic hydroxyl groups is 1. The third-order valence-corrected chi connectivity index (χ3v) is 6.90. The number of benzene rings is 2. The molecule has 1 aliphatic rings. The van der Waals surface area contributed by atoms with Gasteiger partial charge in [0.1, 0.15) is 12.4 Å². The Labute approximate surface area is 175 Å². The number of Topliss-reactive ketones (excluding diaryl/α,β-unsaturated/α-hetero) is 1. The number of nitrogens with one attached hydrogen (secondary N) is 1. The number of aromatic nitrogens is 1. The molecule has 0 spiro atoms. The van der Waals surface area contributed by atoms with Gasteiger partial charge in [-0.25, -0.2) is 18.1 Å². The standard InChI is InChI=1S/C22H23N3O4S/c26-15-21(27)18-6-8-22(23-14-18)25-11-9-19(10-12-25)24-30(28,29)20-7-5-16-3-1-2-4-17(16)13-20/h1-8,13-14,19,24,26H,9-12,15H2. The first-order chi connectivity index (χ1) is 14.5. The number of hydrogen-bond donors (Lipinski definition) is 2. The maximum absolute atomic E-state index is 12.8. The Morgan fingerprint density at radius 3 is 2.47 bits per heavy atom. The van der Waals surface area contributed by atoms with E-state index < -0.39 is 16.6 Å². The molecule has 1 fully saturated rings. The number of sulfonamides is 1. The summed E-state index contributed by atoms with van der Waals surface area (Å²) < 4.78 is 28.5. The second-order valence-electron chi connectivity index (χ2n) is 7.38. The van der Waals surface area contributed by atoms with E-state index in [0.717, 1.165) is 16.6 Å². The van der Waals surface area contributed by atoms with E-state index in [1.54, 1.807) is 24.3 Å². The lowest BCUT2D eigenvalue weighted by molar-refractivity contribution is 0.0903. The summed E-state index contributed by atoms with van der Waals surface area (Å²) in [6, 6.07) is 16.1. The summed E-state index contributed by atoms with van der Waals surface area (Å²) in [6.45, 7) is 0.778. The number of fused-ring (bicyclic) bond motifs is 1. The van der Waals surface area contributed by atoms with Crippen molar-refractivity contribution < 1.29 is 18.3 Å². The van der Waals surface area contributed by atoms with Crippen molar-refractivity contribution in [3.63, 3.8) is 0 Å².